The number of nitrogens with zero attached hydrogens (tertiary/aromatic N) is 2. The zero-order valence-electron chi connectivity index (χ0n) is 14.9. The average Bonchev–Trinajstić information content (AvgIpc) is 3.08. The summed E-state index contributed by atoms with van der Waals surface area (Å²) in [5.41, 5.74) is 5.60. The van der Waals surface area contributed by atoms with E-state index in [1.165, 1.54) is 5.56 Å². The molecule has 2 aromatic carbocycles. The maximum atomic E-state index is 12.5. The van der Waals surface area contributed by atoms with E-state index >= 15 is 0 Å². The van der Waals surface area contributed by atoms with Gasteiger partial charge in [-0.05, 0) is 37.6 Å². The van der Waals surface area contributed by atoms with Crippen LogP contribution < -0.4 is 5.32 Å². The van der Waals surface area contributed by atoms with Crippen LogP contribution in [0.1, 0.15) is 39.0 Å². The van der Waals surface area contributed by atoms with Crippen LogP contribution in [0.4, 0.5) is 5.69 Å². The van der Waals surface area contributed by atoms with E-state index < -0.39 is 0 Å². The fraction of sp³-hybridized carbons (Fsp3) is 0.238. The summed E-state index contributed by atoms with van der Waals surface area (Å²) in [6.07, 6.45) is -0.0454. The third-order valence-electron chi connectivity index (χ3n) is 4.63. The molecule has 0 aliphatic carbocycles. The zero-order chi connectivity index (χ0) is 18.1. The van der Waals surface area contributed by atoms with E-state index in [1.807, 2.05) is 35.9 Å². The number of aromatic nitrogens is 2. The molecule has 132 valence electrons. The SMILES string of the molecule is Cc1ccc(NC(=O)c2cc3n(n2)C[C@@H](c2ccc(C)cc2)OC3)cc1. The lowest BCUT2D eigenvalue weighted by atomic mass is 10.1. The molecular weight excluding hydrogens is 326 g/mol. The molecule has 1 atom stereocenters. The number of aryl methyl sites for hydroxylation is 2. The van der Waals surface area contributed by atoms with Crippen molar-refractivity contribution in [2.75, 3.05) is 5.32 Å². The number of hydrogen-bond acceptors (Lipinski definition) is 3. The highest BCUT2D eigenvalue weighted by Crippen LogP contribution is 2.27. The van der Waals surface area contributed by atoms with Crippen LogP contribution in [0.15, 0.2) is 54.6 Å². The van der Waals surface area contributed by atoms with Crippen molar-refractivity contribution in [2.24, 2.45) is 0 Å². The predicted octanol–water partition coefficient (Wildman–Crippen LogP) is 4.02. The Morgan fingerprint density at radius 2 is 1.73 bits per heavy atom. The van der Waals surface area contributed by atoms with E-state index in [9.17, 15) is 4.79 Å². The number of ether oxygens (including phenoxy) is 1. The number of amides is 1. The maximum Gasteiger partial charge on any atom is 0.276 e. The molecule has 0 saturated carbocycles. The Morgan fingerprint density at radius 3 is 2.42 bits per heavy atom. The van der Waals surface area contributed by atoms with E-state index in [-0.39, 0.29) is 12.0 Å². The van der Waals surface area contributed by atoms with E-state index in [1.54, 1.807) is 6.07 Å². The lowest BCUT2D eigenvalue weighted by Crippen LogP contribution is -2.22. The molecule has 5 nitrogen and oxygen atoms in total. The molecular formula is C21H21N3O2. The number of hydrogen-bond donors (Lipinski definition) is 1. The quantitative estimate of drug-likeness (QED) is 0.778. The van der Waals surface area contributed by atoms with Gasteiger partial charge >= 0.3 is 0 Å². The zero-order valence-corrected chi connectivity index (χ0v) is 14.9. The van der Waals surface area contributed by atoms with Crippen LogP contribution in [0.3, 0.4) is 0 Å². The molecule has 5 heteroatoms. The lowest BCUT2D eigenvalue weighted by molar-refractivity contribution is -0.00119. The normalized spacial score (nSPS) is 16.2. The fourth-order valence-electron chi connectivity index (χ4n) is 3.05. The molecule has 1 aliphatic rings. The molecule has 26 heavy (non-hydrogen) atoms. The van der Waals surface area contributed by atoms with E-state index in [0.29, 0.717) is 18.8 Å². The van der Waals surface area contributed by atoms with Crippen LogP contribution in [0.25, 0.3) is 0 Å². The van der Waals surface area contributed by atoms with Gasteiger partial charge in [-0.2, -0.15) is 5.10 Å². The van der Waals surface area contributed by atoms with Gasteiger partial charge < -0.3 is 10.1 Å². The molecule has 1 amide bonds. The number of carbonyl (C=O) groups excluding carboxylic acids is 1. The van der Waals surface area contributed by atoms with E-state index in [4.69, 9.17) is 4.74 Å². The molecule has 0 spiro atoms. The van der Waals surface area contributed by atoms with Crippen molar-refractivity contribution in [3.05, 3.63) is 82.7 Å². The number of anilines is 1. The van der Waals surface area contributed by atoms with Crippen molar-refractivity contribution in [1.82, 2.24) is 9.78 Å². The van der Waals surface area contributed by atoms with Crippen molar-refractivity contribution >= 4 is 11.6 Å². The smallest absolute Gasteiger partial charge is 0.276 e. The summed E-state index contributed by atoms with van der Waals surface area (Å²) < 4.78 is 7.84. The van der Waals surface area contributed by atoms with Crippen molar-refractivity contribution in [3.8, 4) is 0 Å². The number of rotatable bonds is 3. The first kappa shape index (κ1) is 16.5. The van der Waals surface area contributed by atoms with E-state index in [2.05, 4.69) is 41.6 Å². The number of carbonyl (C=O) groups is 1. The summed E-state index contributed by atoms with van der Waals surface area (Å²) in [6, 6.07) is 17.8. The molecule has 0 saturated heterocycles. The third-order valence-corrected chi connectivity index (χ3v) is 4.63. The monoisotopic (exact) mass is 347 g/mol. The summed E-state index contributed by atoms with van der Waals surface area (Å²) in [5.74, 6) is -0.206. The minimum atomic E-state index is -0.206. The highest BCUT2D eigenvalue weighted by molar-refractivity contribution is 6.02. The summed E-state index contributed by atoms with van der Waals surface area (Å²) in [7, 11) is 0. The van der Waals surface area contributed by atoms with Crippen molar-refractivity contribution in [3.63, 3.8) is 0 Å². The maximum absolute atomic E-state index is 12.5. The first-order valence-corrected chi connectivity index (χ1v) is 8.71. The van der Waals surface area contributed by atoms with Crippen LogP contribution in [-0.2, 0) is 17.9 Å². The molecule has 1 N–H and O–H groups in total. The van der Waals surface area contributed by atoms with Crippen molar-refractivity contribution < 1.29 is 9.53 Å². The molecule has 2 heterocycles. The molecule has 1 aromatic heterocycles. The van der Waals surface area contributed by atoms with Gasteiger partial charge in [0.05, 0.1) is 18.8 Å². The molecule has 0 unspecified atom stereocenters. The first-order valence-electron chi connectivity index (χ1n) is 8.71. The lowest BCUT2D eigenvalue weighted by Gasteiger charge is -2.24. The Labute approximate surface area is 152 Å². The van der Waals surface area contributed by atoms with Gasteiger partial charge in [-0.15, -0.1) is 0 Å². The van der Waals surface area contributed by atoms with Gasteiger partial charge in [-0.25, -0.2) is 0 Å². The number of benzene rings is 2. The molecule has 0 bridgehead atoms. The molecule has 0 fully saturated rings. The standard InChI is InChI=1S/C21H21N3O2/c1-14-3-7-16(8-4-14)20-12-24-18(13-26-20)11-19(23-24)21(25)22-17-9-5-15(2)6-10-17/h3-11,20H,12-13H2,1-2H3,(H,22,25)/t20-/m0/s1. The number of fused-ring (bicyclic) bond motifs is 1. The predicted molar refractivity (Wildman–Crippen MR) is 100 cm³/mol. The van der Waals surface area contributed by atoms with Gasteiger partial charge in [0.25, 0.3) is 5.91 Å². The number of nitrogens with one attached hydrogen (secondary N) is 1. The van der Waals surface area contributed by atoms with Gasteiger partial charge in [-0.3, -0.25) is 9.48 Å². The second-order valence-electron chi connectivity index (χ2n) is 6.73. The minimum absolute atomic E-state index is 0.0454. The second kappa shape index (κ2) is 6.77. The largest absolute Gasteiger partial charge is 0.365 e. The van der Waals surface area contributed by atoms with Crippen molar-refractivity contribution in [1.29, 1.82) is 0 Å². The van der Waals surface area contributed by atoms with Gasteiger partial charge in [0, 0.05) is 5.69 Å². The van der Waals surface area contributed by atoms with Crippen LogP contribution >= 0.6 is 0 Å². The van der Waals surface area contributed by atoms with Crippen LogP contribution in [0.2, 0.25) is 0 Å². The van der Waals surface area contributed by atoms with Gasteiger partial charge in [0.15, 0.2) is 5.69 Å². The summed E-state index contributed by atoms with van der Waals surface area (Å²) >= 11 is 0. The Kier molecular flexibility index (Phi) is 4.31. The Morgan fingerprint density at radius 1 is 1.08 bits per heavy atom. The summed E-state index contributed by atoms with van der Waals surface area (Å²) in [4.78, 5) is 12.5. The highest BCUT2D eigenvalue weighted by Gasteiger charge is 2.24. The third kappa shape index (κ3) is 3.39. The first-order chi connectivity index (χ1) is 12.6. The Bertz CT molecular complexity index is 927. The Hall–Kier alpha value is -2.92. The van der Waals surface area contributed by atoms with Crippen LogP contribution in [0.5, 0.6) is 0 Å². The molecule has 4 rings (SSSR count). The minimum Gasteiger partial charge on any atom is -0.365 e. The summed E-state index contributed by atoms with van der Waals surface area (Å²) in [5, 5.41) is 7.37. The van der Waals surface area contributed by atoms with Gasteiger partial charge in [0.1, 0.15) is 6.10 Å². The topological polar surface area (TPSA) is 56.2 Å². The average molecular weight is 347 g/mol. The molecule has 3 aromatic rings. The fourth-order valence-corrected chi connectivity index (χ4v) is 3.05. The molecule has 0 radical (unpaired) electrons. The summed E-state index contributed by atoms with van der Waals surface area (Å²) in [6.45, 7) is 5.13. The second-order valence-corrected chi connectivity index (χ2v) is 6.73. The van der Waals surface area contributed by atoms with Crippen LogP contribution in [-0.4, -0.2) is 15.7 Å². The van der Waals surface area contributed by atoms with E-state index in [0.717, 1.165) is 22.5 Å². The van der Waals surface area contributed by atoms with Crippen LogP contribution in [0, 0.1) is 13.8 Å². The van der Waals surface area contributed by atoms with Gasteiger partial charge in [-0.1, -0.05) is 47.5 Å². The molecule has 1 aliphatic heterocycles. The highest BCUT2D eigenvalue weighted by atomic mass is 16.5. The van der Waals surface area contributed by atoms with Crippen molar-refractivity contribution in [2.45, 2.75) is 33.1 Å². The Balaban J connectivity index is 1.49. The van der Waals surface area contributed by atoms with Gasteiger partial charge in [0.2, 0.25) is 0 Å².